The lowest BCUT2D eigenvalue weighted by molar-refractivity contribution is -0.150. The number of nitrogens with zero attached hydrogens (tertiary/aromatic N) is 4. The number of aliphatic hydroxyl groups excluding tert-OH is 1. The van der Waals surface area contributed by atoms with Crippen molar-refractivity contribution in [2.24, 2.45) is 11.8 Å². The van der Waals surface area contributed by atoms with Crippen LogP contribution in [0.2, 0.25) is 0 Å². The van der Waals surface area contributed by atoms with Gasteiger partial charge in [0, 0.05) is 12.3 Å². The van der Waals surface area contributed by atoms with Crippen molar-refractivity contribution in [1.82, 2.24) is 14.6 Å². The minimum Gasteiger partial charge on any atom is -0.463 e. The van der Waals surface area contributed by atoms with Crippen molar-refractivity contribution in [2.75, 3.05) is 12.3 Å². The molecular formula is C24H25N5O4. The van der Waals surface area contributed by atoms with E-state index in [-0.39, 0.29) is 24.3 Å². The fourth-order valence-corrected chi connectivity index (χ4v) is 5.03. The molecule has 3 aromatic rings. The van der Waals surface area contributed by atoms with Gasteiger partial charge in [-0.2, -0.15) is 10.4 Å². The van der Waals surface area contributed by atoms with Crippen molar-refractivity contribution in [1.29, 1.82) is 5.26 Å². The fraction of sp³-hybridized carbons (Fsp3) is 0.417. The summed E-state index contributed by atoms with van der Waals surface area (Å²) in [6.07, 6.45) is 1.54. The molecule has 3 N–H and O–H groups in total. The highest BCUT2D eigenvalue weighted by Gasteiger charge is 2.56. The molecule has 0 radical (unpaired) electrons. The van der Waals surface area contributed by atoms with Crippen molar-refractivity contribution < 1.29 is 19.4 Å². The number of carbonyl (C=O) groups excluding carboxylic acids is 1. The average molecular weight is 447 g/mol. The quantitative estimate of drug-likeness (QED) is 0.565. The van der Waals surface area contributed by atoms with Gasteiger partial charge >= 0.3 is 5.97 Å². The van der Waals surface area contributed by atoms with Gasteiger partial charge in [0.15, 0.2) is 5.82 Å². The third-order valence-electron chi connectivity index (χ3n) is 6.87. The summed E-state index contributed by atoms with van der Waals surface area (Å²) in [5, 5.41) is 25.2. The average Bonchev–Trinajstić information content (AvgIpc) is 3.49. The molecule has 170 valence electrons. The van der Waals surface area contributed by atoms with Crippen LogP contribution in [0.4, 0.5) is 5.82 Å². The van der Waals surface area contributed by atoms with E-state index in [9.17, 15) is 15.2 Å². The summed E-state index contributed by atoms with van der Waals surface area (Å²) in [5.74, 6) is -0.277. The second-order valence-electron chi connectivity index (χ2n) is 8.90. The fourth-order valence-electron chi connectivity index (χ4n) is 5.03. The molecule has 0 unspecified atom stereocenters. The molecule has 1 saturated heterocycles. The Morgan fingerprint density at radius 1 is 1.33 bits per heavy atom. The van der Waals surface area contributed by atoms with E-state index < -0.39 is 23.7 Å². The molecule has 0 bridgehead atoms. The number of esters is 1. The van der Waals surface area contributed by atoms with Crippen LogP contribution in [0, 0.1) is 23.2 Å². The van der Waals surface area contributed by atoms with Gasteiger partial charge in [-0.1, -0.05) is 31.2 Å². The van der Waals surface area contributed by atoms with E-state index >= 15 is 0 Å². The summed E-state index contributed by atoms with van der Waals surface area (Å²) in [4.78, 5) is 16.5. The molecule has 33 heavy (non-hydrogen) atoms. The van der Waals surface area contributed by atoms with Crippen LogP contribution in [0.5, 0.6) is 0 Å². The number of ether oxygens (including phenoxy) is 2. The van der Waals surface area contributed by atoms with Crippen LogP contribution in [-0.2, 0) is 32.7 Å². The smallest absolute Gasteiger partial charge is 0.306 e. The molecule has 1 aliphatic heterocycles. The van der Waals surface area contributed by atoms with E-state index in [4.69, 9.17) is 15.2 Å². The number of fused-ring (bicyclic) bond motifs is 2. The molecule has 0 spiro atoms. The number of nitrogens with two attached hydrogens (primary N) is 1. The largest absolute Gasteiger partial charge is 0.463 e. The van der Waals surface area contributed by atoms with Gasteiger partial charge in [-0.3, -0.25) is 4.79 Å². The summed E-state index contributed by atoms with van der Waals surface area (Å²) >= 11 is 0. The predicted molar refractivity (Wildman–Crippen MR) is 118 cm³/mol. The first-order valence-corrected chi connectivity index (χ1v) is 11.0. The van der Waals surface area contributed by atoms with E-state index in [2.05, 4.69) is 28.3 Å². The van der Waals surface area contributed by atoms with Crippen molar-refractivity contribution >= 4 is 17.3 Å². The highest BCUT2D eigenvalue weighted by molar-refractivity contribution is 5.70. The van der Waals surface area contributed by atoms with Crippen LogP contribution in [0.1, 0.15) is 30.2 Å². The van der Waals surface area contributed by atoms with Crippen LogP contribution >= 0.6 is 0 Å². The van der Waals surface area contributed by atoms with Crippen LogP contribution in [0.25, 0.3) is 5.52 Å². The van der Waals surface area contributed by atoms with Crippen LogP contribution in [-0.4, -0.2) is 44.5 Å². The van der Waals surface area contributed by atoms with Crippen molar-refractivity contribution in [2.45, 2.75) is 44.0 Å². The Labute approximate surface area is 190 Å². The molecule has 3 heterocycles. The number of carbonyl (C=O) groups is 1. The van der Waals surface area contributed by atoms with Gasteiger partial charge in [0.1, 0.15) is 30.6 Å². The molecule has 2 aliphatic rings. The summed E-state index contributed by atoms with van der Waals surface area (Å²) < 4.78 is 13.1. The van der Waals surface area contributed by atoms with Gasteiger partial charge in [0.05, 0.1) is 11.8 Å². The first-order valence-electron chi connectivity index (χ1n) is 11.0. The van der Waals surface area contributed by atoms with Gasteiger partial charge in [0.25, 0.3) is 0 Å². The van der Waals surface area contributed by atoms with Crippen LogP contribution in [0.3, 0.4) is 0 Å². The van der Waals surface area contributed by atoms with Crippen molar-refractivity contribution in [3.05, 3.63) is 59.5 Å². The minimum atomic E-state index is -1.67. The Morgan fingerprint density at radius 3 is 2.76 bits per heavy atom. The first-order chi connectivity index (χ1) is 15.9. The summed E-state index contributed by atoms with van der Waals surface area (Å²) in [6, 6.07) is 13.7. The second kappa shape index (κ2) is 8.14. The molecule has 1 fully saturated rings. The van der Waals surface area contributed by atoms with E-state index in [0.29, 0.717) is 17.6 Å². The van der Waals surface area contributed by atoms with E-state index in [1.165, 1.54) is 22.0 Å². The number of aliphatic hydroxyl groups is 1. The Bertz CT molecular complexity index is 1230. The number of rotatable bonds is 5. The number of hydrogen-bond acceptors (Lipinski definition) is 8. The lowest BCUT2D eigenvalue weighted by atomic mass is 9.88. The highest BCUT2D eigenvalue weighted by atomic mass is 16.6. The molecule has 1 aromatic carbocycles. The summed E-state index contributed by atoms with van der Waals surface area (Å²) in [7, 11) is 0. The molecule has 1 aliphatic carbocycles. The maximum Gasteiger partial charge on any atom is 0.306 e. The van der Waals surface area contributed by atoms with Gasteiger partial charge in [-0.25, -0.2) is 9.50 Å². The number of nitriles is 1. The van der Waals surface area contributed by atoms with Gasteiger partial charge in [0.2, 0.25) is 5.60 Å². The lowest BCUT2D eigenvalue weighted by Crippen LogP contribution is -2.38. The SMILES string of the molecule is C[C@H]1[C@@H](O)[C@](C#N)(c2ccc3c(N)ncnn23)O[C@@H]1COC(=O)CC1Cc2ccccc2C1. The molecular weight excluding hydrogens is 422 g/mol. The summed E-state index contributed by atoms with van der Waals surface area (Å²) in [6.45, 7) is 1.73. The van der Waals surface area contributed by atoms with Gasteiger partial charge in [-0.15, -0.1) is 0 Å². The number of benzene rings is 1. The van der Waals surface area contributed by atoms with Crippen molar-refractivity contribution in [3.8, 4) is 6.07 Å². The molecule has 9 heteroatoms. The van der Waals surface area contributed by atoms with E-state index in [1.54, 1.807) is 19.1 Å². The van der Waals surface area contributed by atoms with Crippen LogP contribution in [0.15, 0.2) is 42.7 Å². The minimum absolute atomic E-state index is 0.0411. The molecule has 0 saturated carbocycles. The normalized spacial score (nSPS) is 26.9. The third-order valence-corrected chi connectivity index (χ3v) is 6.87. The van der Waals surface area contributed by atoms with E-state index in [0.717, 1.165) is 12.8 Å². The zero-order valence-corrected chi connectivity index (χ0v) is 18.2. The maximum atomic E-state index is 12.5. The second-order valence-corrected chi connectivity index (χ2v) is 8.90. The zero-order chi connectivity index (χ0) is 23.2. The molecule has 9 nitrogen and oxygen atoms in total. The van der Waals surface area contributed by atoms with Gasteiger partial charge < -0.3 is 20.3 Å². The number of hydrogen-bond donors (Lipinski definition) is 2. The molecule has 0 amide bonds. The molecule has 2 aromatic heterocycles. The number of nitrogen functional groups attached to an aromatic ring is 1. The Morgan fingerprint density at radius 2 is 2.06 bits per heavy atom. The van der Waals surface area contributed by atoms with Crippen LogP contribution < -0.4 is 5.73 Å². The standard InChI is InChI=1S/C24H25N5O4/c1-14-19(11-32-21(30)10-15-8-16-4-2-3-5-17(16)9-15)33-24(12-25,22(14)31)20-7-6-18-23(26)27-13-28-29(18)20/h2-7,13-15,19,22,31H,8-11H2,1H3,(H2,26,27,28)/t14-,19-,22-,24+/m1/s1. The molecule has 4 atom stereocenters. The van der Waals surface area contributed by atoms with E-state index in [1.807, 2.05) is 12.1 Å². The predicted octanol–water partition coefficient (Wildman–Crippen LogP) is 1.77. The number of anilines is 1. The highest BCUT2D eigenvalue weighted by Crippen LogP contribution is 2.43. The maximum absolute atomic E-state index is 12.5. The number of aromatic nitrogens is 3. The Balaban J connectivity index is 1.27. The topological polar surface area (TPSA) is 136 Å². The zero-order valence-electron chi connectivity index (χ0n) is 18.2. The summed E-state index contributed by atoms with van der Waals surface area (Å²) in [5.41, 5.74) is 7.67. The lowest BCUT2D eigenvalue weighted by Gasteiger charge is -2.24. The third kappa shape index (κ3) is 3.52. The molecule has 5 rings (SSSR count). The first kappa shape index (κ1) is 21.4. The monoisotopic (exact) mass is 447 g/mol. The Hall–Kier alpha value is -3.48. The van der Waals surface area contributed by atoms with Crippen molar-refractivity contribution in [3.63, 3.8) is 0 Å². The Kier molecular flexibility index (Phi) is 5.27. The van der Waals surface area contributed by atoms with Gasteiger partial charge in [-0.05, 0) is 42.0 Å².